The van der Waals surface area contributed by atoms with Crippen LogP contribution >= 0.6 is 11.6 Å². The third-order valence-electron chi connectivity index (χ3n) is 3.70. The Morgan fingerprint density at radius 1 is 1.50 bits per heavy atom. The largest absolute Gasteiger partial charge is 0.449 e. The smallest absolute Gasteiger partial charge is 0.331 e. The topological polar surface area (TPSA) is 121 Å². The van der Waals surface area contributed by atoms with Crippen molar-refractivity contribution >= 4 is 39.4 Å². The number of esters is 1. The van der Waals surface area contributed by atoms with Crippen LogP contribution in [0.2, 0.25) is 5.15 Å². The molecule has 2 atom stereocenters. The first kappa shape index (κ1) is 18.5. The average molecular weight is 376 g/mol. The van der Waals surface area contributed by atoms with Crippen LogP contribution in [0, 0.1) is 6.92 Å². The third-order valence-corrected chi connectivity index (χ3v) is 5.83. The Morgan fingerprint density at radius 3 is 2.71 bits per heavy atom. The standard InChI is InChI=1S/C14H18ClN3O5S/c1-8-11(3-4-12(19)23-9(2)14(16)20)13(15)18(17-8)10-5-6-24(21,22)7-10/h3-4,9-10H,5-7H2,1-2H3,(H2,16,20)/b4-3+/t9-,10+/m1/s1. The first-order valence-corrected chi connectivity index (χ1v) is 9.43. The zero-order valence-corrected chi connectivity index (χ0v) is 14.8. The molecule has 1 aliphatic heterocycles. The van der Waals surface area contributed by atoms with Crippen LogP contribution in [0.15, 0.2) is 6.08 Å². The van der Waals surface area contributed by atoms with Crippen LogP contribution in [0.1, 0.15) is 30.6 Å². The Kier molecular flexibility index (Phi) is 5.34. The Balaban J connectivity index is 2.16. The molecule has 1 amide bonds. The molecular formula is C14H18ClN3O5S. The maximum atomic E-state index is 11.6. The van der Waals surface area contributed by atoms with E-state index in [-0.39, 0.29) is 22.7 Å². The van der Waals surface area contributed by atoms with Crippen LogP contribution in [0.4, 0.5) is 0 Å². The molecule has 0 radical (unpaired) electrons. The molecule has 0 aliphatic carbocycles. The number of aryl methyl sites for hydroxylation is 1. The monoisotopic (exact) mass is 375 g/mol. The van der Waals surface area contributed by atoms with Crippen LogP contribution in [-0.2, 0) is 24.2 Å². The summed E-state index contributed by atoms with van der Waals surface area (Å²) in [5.74, 6) is -1.39. The van der Waals surface area contributed by atoms with E-state index in [1.54, 1.807) is 6.92 Å². The van der Waals surface area contributed by atoms with Gasteiger partial charge in [-0.15, -0.1) is 0 Å². The lowest BCUT2D eigenvalue weighted by Gasteiger charge is -2.09. The minimum Gasteiger partial charge on any atom is -0.449 e. The fourth-order valence-corrected chi connectivity index (χ4v) is 4.42. The average Bonchev–Trinajstić information content (AvgIpc) is 2.96. The van der Waals surface area contributed by atoms with Crippen molar-refractivity contribution in [2.24, 2.45) is 5.73 Å². The summed E-state index contributed by atoms with van der Waals surface area (Å²) in [6, 6.07) is -0.315. The van der Waals surface area contributed by atoms with Crippen LogP contribution < -0.4 is 5.73 Å². The number of aromatic nitrogens is 2. The first-order valence-electron chi connectivity index (χ1n) is 7.24. The number of carbonyl (C=O) groups excluding carboxylic acids is 2. The summed E-state index contributed by atoms with van der Waals surface area (Å²) in [5, 5.41) is 4.52. The molecule has 8 nitrogen and oxygen atoms in total. The quantitative estimate of drug-likeness (QED) is 0.595. The molecule has 2 N–H and O–H groups in total. The molecular weight excluding hydrogens is 358 g/mol. The van der Waals surface area contributed by atoms with E-state index < -0.39 is 27.8 Å². The van der Waals surface area contributed by atoms with Gasteiger partial charge in [0.25, 0.3) is 5.91 Å². The minimum atomic E-state index is -3.07. The van der Waals surface area contributed by atoms with E-state index in [0.717, 1.165) is 6.08 Å². The van der Waals surface area contributed by atoms with Gasteiger partial charge in [-0.25, -0.2) is 17.9 Å². The van der Waals surface area contributed by atoms with Gasteiger partial charge in [0.2, 0.25) is 0 Å². The molecule has 2 rings (SSSR count). The van der Waals surface area contributed by atoms with E-state index in [9.17, 15) is 18.0 Å². The molecule has 10 heteroatoms. The van der Waals surface area contributed by atoms with E-state index in [1.165, 1.54) is 17.7 Å². The number of nitrogens with two attached hydrogens (primary N) is 1. The molecule has 0 spiro atoms. The summed E-state index contributed by atoms with van der Waals surface area (Å²) < 4.78 is 29.5. The number of nitrogens with zero attached hydrogens (tertiary/aromatic N) is 2. The van der Waals surface area contributed by atoms with Crippen molar-refractivity contribution in [3.8, 4) is 0 Å². The van der Waals surface area contributed by atoms with E-state index in [0.29, 0.717) is 17.7 Å². The summed E-state index contributed by atoms with van der Waals surface area (Å²) in [7, 11) is -3.07. The number of rotatable bonds is 5. The van der Waals surface area contributed by atoms with Gasteiger partial charge in [0.15, 0.2) is 15.9 Å². The van der Waals surface area contributed by atoms with Gasteiger partial charge in [-0.2, -0.15) is 5.10 Å². The maximum Gasteiger partial charge on any atom is 0.331 e. The molecule has 0 unspecified atom stereocenters. The molecule has 1 aliphatic rings. The predicted octanol–water partition coefficient (Wildman–Crippen LogP) is 0.635. The van der Waals surface area contributed by atoms with Gasteiger partial charge in [0.05, 0.1) is 23.2 Å². The van der Waals surface area contributed by atoms with Crippen molar-refractivity contribution < 1.29 is 22.7 Å². The highest BCUT2D eigenvalue weighted by Gasteiger charge is 2.31. The fraction of sp³-hybridized carbons (Fsp3) is 0.500. The summed E-state index contributed by atoms with van der Waals surface area (Å²) >= 11 is 6.27. The van der Waals surface area contributed by atoms with E-state index in [4.69, 9.17) is 22.1 Å². The molecule has 0 bridgehead atoms. The number of halogens is 1. The molecule has 1 aromatic rings. The molecule has 0 saturated carbocycles. The second kappa shape index (κ2) is 6.94. The zero-order chi connectivity index (χ0) is 18.1. The number of ether oxygens (including phenoxy) is 1. The molecule has 2 heterocycles. The van der Waals surface area contributed by atoms with Crippen LogP contribution in [0.25, 0.3) is 6.08 Å². The van der Waals surface area contributed by atoms with Gasteiger partial charge in [-0.3, -0.25) is 4.79 Å². The van der Waals surface area contributed by atoms with E-state index in [2.05, 4.69) is 5.10 Å². The van der Waals surface area contributed by atoms with Gasteiger partial charge in [0, 0.05) is 11.6 Å². The van der Waals surface area contributed by atoms with Crippen molar-refractivity contribution in [3.05, 3.63) is 22.5 Å². The van der Waals surface area contributed by atoms with E-state index in [1.807, 2.05) is 0 Å². The molecule has 1 saturated heterocycles. The minimum absolute atomic E-state index is 0.00480. The molecule has 0 aromatic carbocycles. The highest BCUT2D eigenvalue weighted by atomic mass is 35.5. The van der Waals surface area contributed by atoms with Gasteiger partial charge in [-0.05, 0) is 26.3 Å². The Hall–Kier alpha value is -1.87. The number of amides is 1. The van der Waals surface area contributed by atoms with Gasteiger partial charge >= 0.3 is 5.97 Å². The van der Waals surface area contributed by atoms with Crippen molar-refractivity contribution in [1.29, 1.82) is 0 Å². The summed E-state index contributed by atoms with van der Waals surface area (Å²) in [5.41, 5.74) is 6.05. The number of hydrogen-bond donors (Lipinski definition) is 1. The third kappa shape index (κ3) is 4.15. The second-order valence-corrected chi connectivity index (χ2v) is 8.19. The summed E-state index contributed by atoms with van der Waals surface area (Å²) in [6.07, 6.45) is 1.95. The lowest BCUT2D eigenvalue weighted by Crippen LogP contribution is -2.29. The first-order chi connectivity index (χ1) is 11.1. The Morgan fingerprint density at radius 2 is 2.17 bits per heavy atom. The number of carbonyl (C=O) groups is 2. The lowest BCUT2D eigenvalue weighted by atomic mass is 10.2. The van der Waals surface area contributed by atoms with Crippen molar-refractivity contribution in [2.45, 2.75) is 32.4 Å². The van der Waals surface area contributed by atoms with Crippen molar-refractivity contribution in [3.63, 3.8) is 0 Å². The summed E-state index contributed by atoms with van der Waals surface area (Å²) in [4.78, 5) is 22.5. The molecule has 132 valence electrons. The highest BCUT2D eigenvalue weighted by molar-refractivity contribution is 7.91. The van der Waals surface area contributed by atoms with Crippen LogP contribution in [-0.4, -0.2) is 47.7 Å². The number of hydrogen-bond acceptors (Lipinski definition) is 6. The summed E-state index contributed by atoms with van der Waals surface area (Å²) in [6.45, 7) is 3.06. The van der Waals surface area contributed by atoms with Crippen molar-refractivity contribution in [1.82, 2.24) is 9.78 Å². The zero-order valence-electron chi connectivity index (χ0n) is 13.2. The van der Waals surface area contributed by atoms with Crippen molar-refractivity contribution in [2.75, 3.05) is 11.5 Å². The predicted molar refractivity (Wildman–Crippen MR) is 88.1 cm³/mol. The molecule has 24 heavy (non-hydrogen) atoms. The van der Waals surface area contributed by atoms with Gasteiger partial charge in [-0.1, -0.05) is 11.6 Å². The Bertz CT molecular complexity index is 800. The second-order valence-electron chi connectivity index (χ2n) is 5.61. The lowest BCUT2D eigenvalue weighted by molar-refractivity contribution is -0.148. The number of primary amides is 1. The Labute approximate surface area is 144 Å². The maximum absolute atomic E-state index is 11.6. The van der Waals surface area contributed by atoms with E-state index >= 15 is 0 Å². The molecule has 1 fully saturated rings. The molecule has 1 aromatic heterocycles. The van der Waals surface area contributed by atoms with Crippen LogP contribution in [0.3, 0.4) is 0 Å². The fourth-order valence-electron chi connectivity index (χ4n) is 2.35. The van der Waals surface area contributed by atoms with Gasteiger partial charge in [0.1, 0.15) is 5.15 Å². The van der Waals surface area contributed by atoms with Gasteiger partial charge < -0.3 is 10.5 Å². The van der Waals surface area contributed by atoms with Crippen LogP contribution in [0.5, 0.6) is 0 Å². The highest BCUT2D eigenvalue weighted by Crippen LogP contribution is 2.30. The SMILES string of the molecule is Cc1nn([C@H]2CCS(=O)(=O)C2)c(Cl)c1/C=C/C(=O)O[C@H](C)C(N)=O. The normalized spacial score (nSPS) is 21.0. The number of sulfone groups is 1.